The van der Waals surface area contributed by atoms with Gasteiger partial charge >= 0.3 is 0 Å². The van der Waals surface area contributed by atoms with E-state index in [-0.39, 0.29) is 17.5 Å². The summed E-state index contributed by atoms with van der Waals surface area (Å²) < 4.78 is 37.3. The molecule has 1 atom stereocenters. The Hall–Kier alpha value is -3.49. The molecule has 222 valence electrons. The minimum atomic E-state index is -0.363. The zero-order valence-corrected chi connectivity index (χ0v) is 24.9. The van der Waals surface area contributed by atoms with Crippen molar-refractivity contribution in [3.8, 4) is 23.0 Å². The lowest BCUT2D eigenvalue weighted by Crippen LogP contribution is -2.27. The summed E-state index contributed by atoms with van der Waals surface area (Å²) in [5.74, 6) is 1.83. The number of nitrogens with zero attached hydrogens (tertiary/aromatic N) is 2. The van der Waals surface area contributed by atoms with Crippen molar-refractivity contribution < 1.29 is 28.4 Å². The first-order chi connectivity index (χ1) is 19.9. The molecule has 7 nitrogen and oxygen atoms in total. The number of ether oxygens (including phenoxy) is 4. The van der Waals surface area contributed by atoms with E-state index in [9.17, 15) is 5.11 Å². The molecule has 0 spiro atoms. The number of likely N-dealkylation sites (N-methyl/N-ethyl adjacent to an activating group) is 1. The lowest BCUT2D eigenvalue weighted by atomic mass is 9.79. The Morgan fingerprint density at radius 1 is 0.902 bits per heavy atom. The summed E-state index contributed by atoms with van der Waals surface area (Å²) in [4.78, 5) is 4.34. The maximum atomic E-state index is 15.1. The summed E-state index contributed by atoms with van der Waals surface area (Å²) in [7, 11) is 6.96. The van der Waals surface area contributed by atoms with Gasteiger partial charge in [0.05, 0.1) is 20.8 Å². The van der Waals surface area contributed by atoms with Crippen LogP contribution in [0.15, 0.2) is 48.5 Å². The Bertz CT molecular complexity index is 1300. The van der Waals surface area contributed by atoms with Crippen molar-refractivity contribution in [2.24, 2.45) is 0 Å². The second-order valence-corrected chi connectivity index (χ2v) is 10.6. The Balaban J connectivity index is 1.55. The highest BCUT2D eigenvalue weighted by Gasteiger charge is 2.26. The first-order valence-electron chi connectivity index (χ1n) is 14.3. The van der Waals surface area contributed by atoms with E-state index in [1.165, 1.54) is 16.7 Å². The average Bonchev–Trinajstić information content (AvgIpc) is 2.98. The van der Waals surface area contributed by atoms with E-state index in [2.05, 4.69) is 22.8 Å². The van der Waals surface area contributed by atoms with Gasteiger partial charge in [0.1, 0.15) is 12.4 Å². The second-order valence-electron chi connectivity index (χ2n) is 10.6. The number of rotatable bonds is 14. The third-order valence-corrected chi connectivity index (χ3v) is 7.89. The molecule has 3 aromatic rings. The highest BCUT2D eigenvalue weighted by Crippen LogP contribution is 2.43. The number of halogens is 1. The first-order valence-corrected chi connectivity index (χ1v) is 14.3. The number of methoxy groups -OCH3 is 3. The van der Waals surface area contributed by atoms with Crippen LogP contribution < -0.4 is 19.1 Å². The highest BCUT2D eigenvalue weighted by atomic mass is 19.1. The van der Waals surface area contributed by atoms with Gasteiger partial charge in [-0.05, 0) is 91.7 Å². The van der Waals surface area contributed by atoms with E-state index in [1.54, 1.807) is 39.5 Å². The second kappa shape index (κ2) is 14.4. The van der Waals surface area contributed by atoms with Crippen molar-refractivity contribution in [1.82, 2.24) is 4.90 Å². The molecule has 0 aromatic heterocycles. The van der Waals surface area contributed by atoms with Gasteiger partial charge in [0.15, 0.2) is 23.1 Å². The van der Waals surface area contributed by atoms with E-state index in [4.69, 9.17) is 18.9 Å². The Labute approximate surface area is 243 Å². The number of benzene rings is 3. The number of phenols is 1. The molecule has 1 aliphatic carbocycles. The number of fused-ring (bicyclic) bond motifs is 1. The summed E-state index contributed by atoms with van der Waals surface area (Å²) in [6.45, 7) is 5.89. The molecule has 1 aliphatic rings. The number of anilines is 1. The van der Waals surface area contributed by atoms with Crippen LogP contribution in [0.5, 0.6) is 23.0 Å². The molecule has 0 saturated carbocycles. The number of aromatic hydroxyl groups is 1. The molecular weight excluding hydrogens is 523 g/mol. The molecule has 0 aliphatic heterocycles. The molecule has 3 aromatic carbocycles. The molecule has 1 N–H and O–H groups in total. The van der Waals surface area contributed by atoms with Gasteiger partial charge in [0, 0.05) is 45.0 Å². The summed E-state index contributed by atoms with van der Waals surface area (Å²) in [6.07, 6.45) is 2.72. The largest absolute Gasteiger partial charge is 0.508 e. The Kier molecular flexibility index (Phi) is 10.7. The maximum Gasteiger partial charge on any atom is 0.165 e. The van der Waals surface area contributed by atoms with Crippen LogP contribution in [0, 0.1) is 5.82 Å². The van der Waals surface area contributed by atoms with Crippen molar-refractivity contribution in [3.63, 3.8) is 0 Å². The van der Waals surface area contributed by atoms with Gasteiger partial charge < -0.3 is 33.9 Å². The monoisotopic (exact) mass is 566 g/mol. The van der Waals surface area contributed by atoms with E-state index >= 15 is 4.39 Å². The minimum Gasteiger partial charge on any atom is -0.508 e. The van der Waals surface area contributed by atoms with Gasteiger partial charge in [-0.15, -0.1) is 0 Å². The molecule has 0 radical (unpaired) electrons. The van der Waals surface area contributed by atoms with Gasteiger partial charge in [0.25, 0.3) is 0 Å². The van der Waals surface area contributed by atoms with E-state index in [0.29, 0.717) is 43.6 Å². The van der Waals surface area contributed by atoms with Crippen LogP contribution in [0.25, 0.3) is 0 Å². The van der Waals surface area contributed by atoms with Crippen molar-refractivity contribution in [2.75, 3.05) is 66.1 Å². The third kappa shape index (κ3) is 7.63. The fraction of sp³-hybridized carbons (Fsp3) is 0.455. The highest BCUT2D eigenvalue weighted by molar-refractivity contribution is 5.64. The van der Waals surface area contributed by atoms with Crippen LogP contribution in [0.1, 0.15) is 41.5 Å². The van der Waals surface area contributed by atoms with Gasteiger partial charge in [-0.2, -0.15) is 0 Å². The van der Waals surface area contributed by atoms with Gasteiger partial charge in [-0.1, -0.05) is 12.1 Å². The summed E-state index contributed by atoms with van der Waals surface area (Å²) in [6, 6.07) is 15.0. The quantitative estimate of drug-likeness (QED) is 0.264. The van der Waals surface area contributed by atoms with Crippen LogP contribution in [-0.4, -0.2) is 71.2 Å². The van der Waals surface area contributed by atoms with E-state index < -0.39 is 0 Å². The number of aryl methyl sites for hydroxylation is 1. The molecule has 41 heavy (non-hydrogen) atoms. The predicted octanol–water partition coefficient (Wildman–Crippen LogP) is 5.80. The molecular formula is C33H43FN2O5. The lowest BCUT2D eigenvalue weighted by Gasteiger charge is -2.32. The van der Waals surface area contributed by atoms with E-state index in [1.807, 2.05) is 31.3 Å². The molecule has 0 saturated heterocycles. The smallest absolute Gasteiger partial charge is 0.165 e. The molecule has 0 fully saturated rings. The normalized spacial score (nSPS) is 14.6. The fourth-order valence-corrected chi connectivity index (χ4v) is 5.51. The van der Waals surface area contributed by atoms with Gasteiger partial charge in [0.2, 0.25) is 0 Å². The molecule has 8 heteroatoms. The number of hydrogen-bond donors (Lipinski definition) is 1. The Morgan fingerprint density at radius 3 is 2.37 bits per heavy atom. The SMILES string of the molecule is CCN(Cc1ccc(OCCN(C)CCOC)c(F)c1)c1cc(OC)c(OC)cc1C1CCc2cc(O)ccc2C1. The molecule has 1 unspecified atom stereocenters. The zero-order chi connectivity index (χ0) is 29.4. The van der Waals surface area contributed by atoms with Crippen LogP contribution >= 0.6 is 0 Å². The lowest BCUT2D eigenvalue weighted by molar-refractivity contribution is 0.149. The fourth-order valence-electron chi connectivity index (χ4n) is 5.51. The van der Waals surface area contributed by atoms with Crippen molar-refractivity contribution in [3.05, 3.63) is 76.6 Å². The van der Waals surface area contributed by atoms with Crippen molar-refractivity contribution >= 4 is 5.69 Å². The molecule has 0 bridgehead atoms. The van der Waals surface area contributed by atoms with Gasteiger partial charge in [-0.3, -0.25) is 0 Å². The molecule has 0 amide bonds. The Morgan fingerprint density at radius 2 is 1.66 bits per heavy atom. The van der Waals surface area contributed by atoms with Crippen LogP contribution in [0.4, 0.5) is 10.1 Å². The van der Waals surface area contributed by atoms with Crippen molar-refractivity contribution in [1.29, 1.82) is 0 Å². The maximum absolute atomic E-state index is 15.1. The summed E-state index contributed by atoms with van der Waals surface area (Å²) in [5.41, 5.74) is 5.55. The van der Waals surface area contributed by atoms with Gasteiger partial charge in [-0.25, -0.2) is 4.39 Å². The molecule has 4 rings (SSSR count). The standard InChI is InChI=1S/C33H43FN2O5/c1-6-36(22-23-7-12-31(29(34)17-23)41-16-14-35(2)13-15-38-3)30-21-33(40-5)32(39-4)20-28(30)26-9-8-25-19-27(37)11-10-24(25)18-26/h7,10-12,17,19-21,26,37H,6,8-9,13-16,18,22H2,1-5H3. The van der Waals surface area contributed by atoms with Crippen LogP contribution in [0.2, 0.25) is 0 Å². The third-order valence-electron chi connectivity index (χ3n) is 7.89. The van der Waals surface area contributed by atoms with Crippen LogP contribution in [0.3, 0.4) is 0 Å². The topological polar surface area (TPSA) is 63.6 Å². The van der Waals surface area contributed by atoms with Crippen LogP contribution in [-0.2, 0) is 24.1 Å². The predicted molar refractivity (Wildman–Crippen MR) is 160 cm³/mol. The first kappa shape index (κ1) is 30.5. The number of phenolic OH excluding ortho intramolecular Hbond substituents is 1. The average molecular weight is 567 g/mol. The van der Waals surface area contributed by atoms with Crippen molar-refractivity contribution in [2.45, 2.75) is 38.6 Å². The molecule has 0 heterocycles. The summed E-state index contributed by atoms with van der Waals surface area (Å²) in [5, 5.41) is 9.94. The zero-order valence-electron chi connectivity index (χ0n) is 24.9. The van der Waals surface area contributed by atoms with E-state index in [0.717, 1.165) is 43.6 Å². The number of hydrogen-bond acceptors (Lipinski definition) is 7. The summed E-state index contributed by atoms with van der Waals surface area (Å²) >= 11 is 0. The minimum absolute atomic E-state index is 0.260.